The Hall–Kier alpha value is -1.36. The summed E-state index contributed by atoms with van der Waals surface area (Å²) in [6.45, 7) is 2.11. The molecule has 5 heteroatoms. The fraction of sp³-hybridized carbons (Fsp3) is 0.692. The Bertz CT molecular complexity index is 404. The van der Waals surface area contributed by atoms with E-state index in [0.717, 1.165) is 24.7 Å². The summed E-state index contributed by atoms with van der Waals surface area (Å²) in [6.07, 6.45) is 6.73. The van der Waals surface area contributed by atoms with Gasteiger partial charge in [-0.15, -0.1) is 0 Å². The Morgan fingerprint density at radius 1 is 1.22 bits per heavy atom. The van der Waals surface area contributed by atoms with Crippen molar-refractivity contribution >= 4 is 11.6 Å². The minimum atomic E-state index is 0.586. The number of hydrogen-bond acceptors (Lipinski definition) is 5. The molecule has 0 unspecified atom stereocenters. The van der Waals surface area contributed by atoms with E-state index < -0.39 is 0 Å². The molecular weight excluding hydrogens is 226 g/mol. The normalized spacial score (nSPS) is 24.1. The van der Waals surface area contributed by atoms with Crippen LogP contribution in [0.5, 0.6) is 0 Å². The first kappa shape index (κ1) is 11.7. The van der Waals surface area contributed by atoms with Crippen LogP contribution in [0.1, 0.15) is 25.7 Å². The van der Waals surface area contributed by atoms with E-state index in [2.05, 4.69) is 31.6 Å². The molecule has 1 aromatic heterocycles. The van der Waals surface area contributed by atoms with Gasteiger partial charge in [-0.2, -0.15) is 0 Å². The molecule has 1 saturated heterocycles. The number of aromatic nitrogens is 2. The molecule has 0 spiro atoms. The molecule has 0 radical (unpaired) electrons. The summed E-state index contributed by atoms with van der Waals surface area (Å²) in [7, 11) is 2.03. The summed E-state index contributed by atoms with van der Waals surface area (Å²) in [4.78, 5) is 11.0. The lowest BCUT2D eigenvalue weighted by Gasteiger charge is -2.27. The summed E-state index contributed by atoms with van der Waals surface area (Å²) >= 11 is 0. The average molecular weight is 247 g/mol. The van der Waals surface area contributed by atoms with Gasteiger partial charge in [0.05, 0.1) is 0 Å². The van der Waals surface area contributed by atoms with Crippen LogP contribution in [0.2, 0.25) is 0 Å². The van der Waals surface area contributed by atoms with E-state index >= 15 is 0 Å². The number of anilines is 2. The molecule has 2 N–H and O–H groups in total. The van der Waals surface area contributed by atoms with Crippen LogP contribution in [0, 0.1) is 0 Å². The molecule has 3 rings (SSSR count). The zero-order valence-corrected chi connectivity index (χ0v) is 10.9. The van der Waals surface area contributed by atoms with Gasteiger partial charge >= 0.3 is 0 Å². The van der Waals surface area contributed by atoms with E-state index in [1.165, 1.54) is 25.7 Å². The largest absolute Gasteiger partial charge is 0.367 e. The molecule has 1 aliphatic heterocycles. The first-order valence-electron chi connectivity index (χ1n) is 6.86. The fourth-order valence-electron chi connectivity index (χ4n) is 2.56. The Labute approximate surface area is 108 Å². The third-order valence-electron chi connectivity index (χ3n) is 4.03. The molecule has 1 saturated carbocycles. The number of nitrogens with zero attached hydrogens (tertiary/aromatic N) is 3. The SMILES string of the molecule is CN[C@@H]1CCN(c2cc(NC3CCC3)ncn2)C1. The molecule has 0 amide bonds. The predicted molar refractivity (Wildman–Crippen MR) is 73.0 cm³/mol. The van der Waals surface area contributed by atoms with Gasteiger partial charge in [-0.3, -0.25) is 0 Å². The van der Waals surface area contributed by atoms with Crippen molar-refractivity contribution in [3.63, 3.8) is 0 Å². The Balaban J connectivity index is 1.66. The van der Waals surface area contributed by atoms with Crippen LogP contribution in [0.15, 0.2) is 12.4 Å². The zero-order chi connectivity index (χ0) is 12.4. The molecule has 1 aromatic rings. The van der Waals surface area contributed by atoms with Crippen molar-refractivity contribution in [3.8, 4) is 0 Å². The number of nitrogens with one attached hydrogen (secondary N) is 2. The molecule has 0 bridgehead atoms. The second kappa shape index (κ2) is 5.10. The van der Waals surface area contributed by atoms with Gasteiger partial charge in [0.25, 0.3) is 0 Å². The van der Waals surface area contributed by atoms with E-state index in [1.54, 1.807) is 6.33 Å². The van der Waals surface area contributed by atoms with Crippen molar-refractivity contribution < 1.29 is 0 Å². The fourth-order valence-corrected chi connectivity index (χ4v) is 2.56. The molecule has 5 nitrogen and oxygen atoms in total. The monoisotopic (exact) mass is 247 g/mol. The maximum Gasteiger partial charge on any atom is 0.134 e. The predicted octanol–water partition coefficient (Wildman–Crippen LogP) is 1.24. The third kappa shape index (κ3) is 2.41. The molecule has 98 valence electrons. The van der Waals surface area contributed by atoms with Gasteiger partial charge in [0.2, 0.25) is 0 Å². The van der Waals surface area contributed by atoms with Crippen molar-refractivity contribution in [1.29, 1.82) is 0 Å². The summed E-state index contributed by atoms with van der Waals surface area (Å²) in [5.41, 5.74) is 0. The van der Waals surface area contributed by atoms with Gasteiger partial charge < -0.3 is 15.5 Å². The van der Waals surface area contributed by atoms with E-state index in [1.807, 2.05) is 7.05 Å². The van der Waals surface area contributed by atoms with Crippen LogP contribution in [-0.2, 0) is 0 Å². The van der Waals surface area contributed by atoms with E-state index in [0.29, 0.717) is 12.1 Å². The van der Waals surface area contributed by atoms with Gasteiger partial charge in [-0.1, -0.05) is 0 Å². The second-order valence-corrected chi connectivity index (χ2v) is 5.25. The standard InChI is InChI=1S/C13H21N5/c1-14-11-5-6-18(8-11)13-7-12(15-9-16-13)17-10-3-2-4-10/h7,9-11,14H,2-6,8H2,1H3,(H,15,16,17)/t11-/m1/s1. The smallest absolute Gasteiger partial charge is 0.134 e. The summed E-state index contributed by atoms with van der Waals surface area (Å²) < 4.78 is 0. The molecule has 18 heavy (non-hydrogen) atoms. The summed E-state index contributed by atoms with van der Waals surface area (Å²) in [5.74, 6) is 2.02. The van der Waals surface area contributed by atoms with Crippen LogP contribution < -0.4 is 15.5 Å². The number of hydrogen-bond donors (Lipinski definition) is 2. The summed E-state index contributed by atoms with van der Waals surface area (Å²) in [5, 5.41) is 6.80. The molecule has 0 aromatic carbocycles. The molecule has 2 aliphatic rings. The highest BCUT2D eigenvalue weighted by molar-refractivity contribution is 5.49. The zero-order valence-electron chi connectivity index (χ0n) is 10.9. The molecule has 1 aliphatic carbocycles. The molecule has 1 atom stereocenters. The Morgan fingerprint density at radius 2 is 2.11 bits per heavy atom. The second-order valence-electron chi connectivity index (χ2n) is 5.25. The highest BCUT2D eigenvalue weighted by Crippen LogP contribution is 2.24. The van der Waals surface area contributed by atoms with Crippen LogP contribution in [-0.4, -0.2) is 42.2 Å². The maximum atomic E-state index is 4.39. The van der Waals surface area contributed by atoms with Crippen LogP contribution in [0.4, 0.5) is 11.6 Å². The Kier molecular flexibility index (Phi) is 3.32. The van der Waals surface area contributed by atoms with Gasteiger partial charge in [-0.05, 0) is 32.7 Å². The number of rotatable bonds is 4. The first-order chi connectivity index (χ1) is 8.85. The van der Waals surface area contributed by atoms with Crippen molar-refractivity contribution in [2.45, 2.75) is 37.8 Å². The number of likely N-dealkylation sites (N-methyl/N-ethyl adjacent to an activating group) is 1. The third-order valence-corrected chi connectivity index (χ3v) is 4.03. The Morgan fingerprint density at radius 3 is 2.78 bits per heavy atom. The van der Waals surface area contributed by atoms with Crippen LogP contribution in [0.25, 0.3) is 0 Å². The lowest BCUT2D eigenvalue weighted by molar-refractivity contribution is 0.444. The average Bonchev–Trinajstić information content (AvgIpc) is 2.83. The lowest BCUT2D eigenvalue weighted by Crippen LogP contribution is -2.30. The van der Waals surface area contributed by atoms with E-state index in [9.17, 15) is 0 Å². The minimum Gasteiger partial charge on any atom is -0.367 e. The van der Waals surface area contributed by atoms with Crippen LogP contribution >= 0.6 is 0 Å². The first-order valence-corrected chi connectivity index (χ1v) is 6.86. The maximum absolute atomic E-state index is 4.39. The quantitative estimate of drug-likeness (QED) is 0.838. The molecular formula is C13H21N5. The topological polar surface area (TPSA) is 53.1 Å². The van der Waals surface area contributed by atoms with E-state index in [4.69, 9.17) is 0 Å². The van der Waals surface area contributed by atoms with Gasteiger partial charge in [0.1, 0.15) is 18.0 Å². The lowest BCUT2D eigenvalue weighted by atomic mass is 9.93. The van der Waals surface area contributed by atoms with Gasteiger partial charge in [-0.25, -0.2) is 9.97 Å². The molecule has 2 heterocycles. The van der Waals surface area contributed by atoms with Crippen molar-refractivity contribution in [2.24, 2.45) is 0 Å². The minimum absolute atomic E-state index is 0.586. The van der Waals surface area contributed by atoms with Crippen molar-refractivity contribution in [1.82, 2.24) is 15.3 Å². The van der Waals surface area contributed by atoms with Crippen molar-refractivity contribution in [2.75, 3.05) is 30.4 Å². The summed E-state index contributed by atoms with van der Waals surface area (Å²) in [6, 6.07) is 3.29. The highest BCUT2D eigenvalue weighted by Gasteiger charge is 2.23. The van der Waals surface area contributed by atoms with Gasteiger partial charge in [0.15, 0.2) is 0 Å². The van der Waals surface area contributed by atoms with Crippen molar-refractivity contribution in [3.05, 3.63) is 12.4 Å². The highest BCUT2D eigenvalue weighted by atomic mass is 15.2. The van der Waals surface area contributed by atoms with Crippen LogP contribution in [0.3, 0.4) is 0 Å². The molecule has 2 fully saturated rings. The van der Waals surface area contributed by atoms with E-state index in [-0.39, 0.29) is 0 Å². The van der Waals surface area contributed by atoms with Gasteiger partial charge in [0, 0.05) is 31.2 Å².